The Kier molecular flexibility index (Phi) is 6.62. The third-order valence-electron chi connectivity index (χ3n) is 5.90. The van der Waals surface area contributed by atoms with Crippen LogP contribution in [0.5, 0.6) is 11.5 Å². The number of carbonyl (C=O) groups is 1. The molecule has 0 aliphatic heterocycles. The number of methoxy groups -OCH3 is 1. The van der Waals surface area contributed by atoms with E-state index in [9.17, 15) is 4.79 Å². The van der Waals surface area contributed by atoms with E-state index in [1.165, 1.54) is 0 Å². The maximum absolute atomic E-state index is 13.5. The summed E-state index contributed by atoms with van der Waals surface area (Å²) in [6, 6.07) is 26.9. The van der Waals surface area contributed by atoms with Crippen LogP contribution in [0.4, 0.5) is 0 Å². The number of hydrogen-bond acceptors (Lipinski definition) is 5. The van der Waals surface area contributed by atoms with Gasteiger partial charge in [0.25, 0.3) is 5.91 Å². The molecule has 0 aliphatic carbocycles. The zero-order valence-electron chi connectivity index (χ0n) is 20.1. The minimum atomic E-state index is -0.199. The summed E-state index contributed by atoms with van der Waals surface area (Å²) in [4.78, 5) is 18.3. The number of aromatic nitrogens is 3. The summed E-state index contributed by atoms with van der Waals surface area (Å²) < 4.78 is 10.8. The summed E-state index contributed by atoms with van der Waals surface area (Å²) >= 11 is 0. The topological polar surface area (TPSA) is 89.1 Å². The lowest BCUT2D eigenvalue weighted by Gasteiger charge is -2.11. The van der Waals surface area contributed by atoms with Gasteiger partial charge in [-0.25, -0.2) is 4.98 Å². The molecule has 0 radical (unpaired) electrons. The number of aromatic amines is 1. The quantitative estimate of drug-likeness (QED) is 0.302. The van der Waals surface area contributed by atoms with E-state index >= 15 is 0 Å². The van der Waals surface area contributed by atoms with Gasteiger partial charge in [0, 0.05) is 17.7 Å². The minimum absolute atomic E-state index is 0.199. The predicted molar refractivity (Wildman–Crippen MR) is 140 cm³/mol. The summed E-state index contributed by atoms with van der Waals surface area (Å²) in [6.07, 6.45) is 0. The van der Waals surface area contributed by atoms with E-state index in [-0.39, 0.29) is 5.91 Å². The van der Waals surface area contributed by atoms with Gasteiger partial charge in [-0.1, -0.05) is 30.3 Å². The van der Waals surface area contributed by atoms with Gasteiger partial charge < -0.3 is 14.8 Å². The lowest BCUT2D eigenvalue weighted by molar-refractivity contribution is 0.0952. The van der Waals surface area contributed by atoms with Crippen LogP contribution in [-0.4, -0.2) is 34.8 Å². The highest BCUT2D eigenvalue weighted by Crippen LogP contribution is 2.32. The van der Waals surface area contributed by atoms with E-state index in [0.717, 1.165) is 33.9 Å². The monoisotopic (exact) mass is 478 g/mol. The largest absolute Gasteiger partial charge is 0.497 e. The van der Waals surface area contributed by atoms with Gasteiger partial charge >= 0.3 is 0 Å². The highest BCUT2D eigenvalue weighted by atomic mass is 16.5. The van der Waals surface area contributed by atoms with Crippen molar-refractivity contribution in [2.24, 2.45) is 0 Å². The molecule has 36 heavy (non-hydrogen) atoms. The van der Waals surface area contributed by atoms with Crippen molar-refractivity contribution in [1.29, 1.82) is 0 Å². The summed E-state index contributed by atoms with van der Waals surface area (Å²) in [6.45, 7) is 2.95. The third kappa shape index (κ3) is 4.77. The normalized spacial score (nSPS) is 10.8. The van der Waals surface area contributed by atoms with Gasteiger partial charge in [-0.2, -0.15) is 5.10 Å². The number of carbonyl (C=O) groups excluding carboxylic acids is 1. The zero-order valence-corrected chi connectivity index (χ0v) is 20.1. The molecule has 180 valence electrons. The van der Waals surface area contributed by atoms with Crippen molar-refractivity contribution in [3.05, 3.63) is 96.1 Å². The first-order valence-corrected chi connectivity index (χ1v) is 11.7. The molecule has 7 nitrogen and oxygen atoms in total. The van der Waals surface area contributed by atoms with Gasteiger partial charge in [0.1, 0.15) is 11.5 Å². The molecule has 5 aromatic rings. The van der Waals surface area contributed by atoms with Crippen molar-refractivity contribution in [2.75, 3.05) is 13.7 Å². The van der Waals surface area contributed by atoms with Crippen molar-refractivity contribution in [3.63, 3.8) is 0 Å². The number of pyridine rings is 1. The molecule has 0 unspecified atom stereocenters. The van der Waals surface area contributed by atoms with Gasteiger partial charge in [-0.3, -0.25) is 9.89 Å². The standard InChI is InChI=1S/C29H26N4O3/c1-3-36-23-15-9-20(10-16-23)25-17-24(29(34)30-18-19-7-5-4-6-8-19)26-27(32-33-28(26)31-25)21-11-13-22(35-2)14-12-21/h4-17H,3,18H2,1-2H3,(H,30,34)(H,31,32,33). The minimum Gasteiger partial charge on any atom is -0.497 e. The molecular formula is C29H26N4O3. The first-order chi connectivity index (χ1) is 17.7. The van der Waals surface area contributed by atoms with E-state index in [4.69, 9.17) is 14.5 Å². The molecule has 1 amide bonds. The van der Waals surface area contributed by atoms with Crippen LogP contribution < -0.4 is 14.8 Å². The predicted octanol–water partition coefficient (Wildman–Crippen LogP) is 5.63. The van der Waals surface area contributed by atoms with Crippen LogP contribution in [0.1, 0.15) is 22.8 Å². The van der Waals surface area contributed by atoms with E-state index in [1.807, 2.05) is 91.9 Å². The number of hydrogen-bond donors (Lipinski definition) is 2. The van der Waals surface area contributed by atoms with Crippen molar-refractivity contribution < 1.29 is 14.3 Å². The maximum atomic E-state index is 13.5. The average Bonchev–Trinajstić information content (AvgIpc) is 3.36. The molecule has 0 spiro atoms. The number of ether oxygens (including phenoxy) is 2. The molecule has 0 saturated heterocycles. The van der Waals surface area contributed by atoms with E-state index in [0.29, 0.717) is 35.4 Å². The fourth-order valence-electron chi connectivity index (χ4n) is 4.08. The number of amides is 1. The number of H-pyrrole nitrogens is 1. The highest BCUT2D eigenvalue weighted by Gasteiger charge is 2.20. The molecular weight excluding hydrogens is 452 g/mol. The number of rotatable bonds is 8. The Morgan fingerprint density at radius 3 is 2.31 bits per heavy atom. The van der Waals surface area contributed by atoms with Crippen molar-refractivity contribution in [2.45, 2.75) is 13.5 Å². The molecule has 5 rings (SSSR count). The maximum Gasteiger partial charge on any atom is 0.252 e. The second-order valence-electron chi connectivity index (χ2n) is 8.21. The Bertz CT molecular complexity index is 1480. The molecule has 0 aliphatic rings. The Morgan fingerprint density at radius 1 is 0.917 bits per heavy atom. The summed E-state index contributed by atoms with van der Waals surface area (Å²) in [7, 11) is 1.63. The first kappa shape index (κ1) is 23.1. The molecule has 3 aromatic carbocycles. The molecule has 0 fully saturated rings. The molecule has 0 saturated carbocycles. The number of nitrogens with zero attached hydrogens (tertiary/aromatic N) is 2. The summed E-state index contributed by atoms with van der Waals surface area (Å²) in [5.41, 5.74) is 5.12. The number of fused-ring (bicyclic) bond motifs is 1. The fourth-order valence-corrected chi connectivity index (χ4v) is 4.08. The van der Waals surface area contributed by atoms with Crippen LogP contribution in [0.2, 0.25) is 0 Å². The van der Waals surface area contributed by atoms with Crippen LogP contribution >= 0.6 is 0 Å². The first-order valence-electron chi connectivity index (χ1n) is 11.7. The van der Waals surface area contributed by atoms with Crippen molar-refractivity contribution in [1.82, 2.24) is 20.5 Å². The van der Waals surface area contributed by atoms with Crippen molar-refractivity contribution in [3.8, 4) is 34.0 Å². The van der Waals surface area contributed by atoms with Gasteiger partial charge in [-0.05, 0) is 67.1 Å². The van der Waals surface area contributed by atoms with E-state index in [1.54, 1.807) is 7.11 Å². The summed E-state index contributed by atoms with van der Waals surface area (Å²) in [5.74, 6) is 1.33. The molecule has 2 aromatic heterocycles. The van der Waals surface area contributed by atoms with Crippen LogP contribution in [0.15, 0.2) is 84.9 Å². The lowest BCUT2D eigenvalue weighted by atomic mass is 10.0. The Labute approximate surface area is 209 Å². The SMILES string of the molecule is CCOc1ccc(-c2cc(C(=O)NCc3ccccc3)c3c(-c4ccc(OC)cc4)[nH]nc3n2)cc1. The molecule has 7 heteroatoms. The lowest BCUT2D eigenvalue weighted by Crippen LogP contribution is -2.23. The van der Waals surface area contributed by atoms with Gasteiger partial charge in [-0.15, -0.1) is 0 Å². The smallest absolute Gasteiger partial charge is 0.252 e. The third-order valence-corrected chi connectivity index (χ3v) is 5.90. The van der Waals surface area contributed by atoms with Crippen LogP contribution in [0, 0.1) is 0 Å². The summed E-state index contributed by atoms with van der Waals surface area (Å²) in [5, 5.41) is 11.3. The second-order valence-corrected chi connectivity index (χ2v) is 8.21. The number of nitrogens with one attached hydrogen (secondary N) is 2. The fraction of sp³-hybridized carbons (Fsp3) is 0.138. The highest BCUT2D eigenvalue weighted by molar-refractivity contribution is 6.11. The molecule has 0 bridgehead atoms. The van der Waals surface area contributed by atoms with E-state index < -0.39 is 0 Å². The molecule has 2 N–H and O–H groups in total. The number of benzene rings is 3. The zero-order chi connectivity index (χ0) is 24.9. The Morgan fingerprint density at radius 2 is 1.61 bits per heavy atom. The average molecular weight is 479 g/mol. The van der Waals surface area contributed by atoms with Crippen LogP contribution in [0.25, 0.3) is 33.5 Å². The van der Waals surface area contributed by atoms with E-state index in [2.05, 4.69) is 15.5 Å². The van der Waals surface area contributed by atoms with Crippen LogP contribution in [0.3, 0.4) is 0 Å². The molecule has 0 atom stereocenters. The second kappa shape index (κ2) is 10.3. The molecule has 2 heterocycles. The Hall–Kier alpha value is -4.65. The van der Waals surface area contributed by atoms with Crippen molar-refractivity contribution >= 4 is 16.9 Å². The van der Waals surface area contributed by atoms with Gasteiger partial charge in [0.2, 0.25) is 0 Å². The van der Waals surface area contributed by atoms with Gasteiger partial charge in [0.05, 0.1) is 36.1 Å². The van der Waals surface area contributed by atoms with Gasteiger partial charge in [0.15, 0.2) is 5.65 Å². The van der Waals surface area contributed by atoms with Crippen LogP contribution in [-0.2, 0) is 6.54 Å². The Balaban J connectivity index is 1.58.